The summed E-state index contributed by atoms with van der Waals surface area (Å²) in [5.41, 5.74) is 4.63. The van der Waals surface area contributed by atoms with Crippen LogP contribution in [0.5, 0.6) is 0 Å². The van der Waals surface area contributed by atoms with Crippen LogP contribution in [0.1, 0.15) is 59.8 Å². The molecule has 2 fully saturated rings. The molecule has 3 heterocycles. The molecule has 0 bridgehead atoms. The zero-order valence-corrected chi connectivity index (χ0v) is 22.6. The van der Waals surface area contributed by atoms with Gasteiger partial charge in [0.1, 0.15) is 17.1 Å². The van der Waals surface area contributed by atoms with Gasteiger partial charge >= 0.3 is 5.97 Å². The zero-order valence-electron chi connectivity index (χ0n) is 21.1. The van der Waals surface area contributed by atoms with Crippen molar-refractivity contribution in [2.24, 2.45) is 7.05 Å². The quantitative estimate of drug-likeness (QED) is 0.258. The Morgan fingerprint density at radius 1 is 1.11 bits per heavy atom. The lowest BCUT2D eigenvalue weighted by molar-refractivity contribution is 0.0328. The maximum atomic E-state index is 11.5. The van der Waals surface area contributed by atoms with E-state index in [1.807, 2.05) is 24.3 Å². The van der Waals surface area contributed by atoms with E-state index < -0.39 is 5.97 Å². The van der Waals surface area contributed by atoms with E-state index in [9.17, 15) is 9.90 Å². The molecule has 2 aromatic carbocycles. The van der Waals surface area contributed by atoms with Gasteiger partial charge in [-0.05, 0) is 68.5 Å². The fourth-order valence-corrected chi connectivity index (χ4v) is 6.06. The largest absolute Gasteiger partial charge is 0.477 e. The third-order valence-electron chi connectivity index (χ3n) is 7.72. The van der Waals surface area contributed by atoms with E-state index in [1.165, 1.54) is 0 Å². The lowest BCUT2D eigenvalue weighted by atomic mass is 10.0. The van der Waals surface area contributed by atoms with Gasteiger partial charge in [0.15, 0.2) is 0 Å². The number of hydrogen-bond acceptors (Lipinski definition) is 5. The molecule has 1 unspecified atom stereocenters. The molecule has 2 aliphatic rings. The molecule has 1 saturated carbocycles. The molecule has 1 aliphatic carbocycles. The van der Waals surface area contributed by atoms with Crippen LogP contribution in [0, 0.1) is 0 Å². The maximum absolute atomic E-state index is 11.5. The van der Waals surface area contributed by atoms with Crippen molar-refractivity contribution >= 4 is 45.8 Å². The fourth-order valence-electron chi connectivity index (χ4n) is 5.48. The molecular formula is C29H29Cl2N3O4. The van der Waals surface area contributed by atoms with Gasteiger partial charge in [0.2, 0.25) is 0 Å². The van der Waals surface area contributed by atoms with Gasteiger partial charge < -0.3 is 23.8 Å². The molecule has 0 radical (unpaired) electrons. The standard InChI is InChI=1S/C29H29Cl2N3O4/c1-33-24-10-9-19(14-18(24)15-25(33)29(35)36)34-12-3-4-20(11-13-34)37-16-21-27(32-38-28(21)17-7-8-17)26-22(30)5-2-6-23(26)31/h2,5-6,9-10,14-15,17,20H,3-4,7-8,11-13,16H2,1H3,(H,35,36). The average Bonchev–Trinajstić information content (AvgIpc) is 3.63. The number of fused-ring (bicyclic) bond motifs is 1. The number of ether oxygens (including phenoxy) is 1. The van der Waals surface area contributed by atoms with Crippen molar-refractivity contribution in [2.45, 2.75) is 50.7 Å². The Morgan fingerprint density at radius 2 is 1.89 bits per heavy atom. The Kier molecular flexibility index (Phi) is 6.84. The number of aryl methyl sites for hydroxylation is 1. The number of aromatic carboxylic acids is 1. The van der Waals surface area contributed by atoms with Crippen LogP contribution in [0.25, 0.3) is 22.2 Å². The summed E-state index contributed by atoms with van der Waals surface area (Å²) >= 11 is 13.0. The molecular weight excluding hydrogens is 525 g/mol. The number of carboxylic acid groups (broad SMARTS) is 1. The van der Waals surface area contributed by atoms with Crippen LogP contribution in [-0.4, -0.2) is 40.0 Å². The second-order valence-corrected chi connectivity index (χ2v) is 11.0. The summed E-state index contributed by atoms with van der Waals surface area (Å²) in [5.74, 6) is 0.357. The Hall–Kier alpha value is -3.00. The molecule has 9 heteroatoms. The van der Waals surface area contributed by atoms with Crippen molar-refractivity contribution in [1.82, 2.24) is 9.72 Å². The summed E-state index contributed by atoms with van der Waals surface area (Å²) < 4.78 is 14.0. The smallest absolute Gasteiger partial charge is 0.352 e. The maximum Gasteiger partial charge on any atom is 0.352 e. The predicted octanol–water partition coefficient (Wildman–Crippen LogP) is 7.29. The van der Waals surface area contributed by atoms with Crippen molar-refractivity contribution in [3.05, 3.63) is 69.5 Å². The third-order valence-corrected chi connectivity index (χ3v) is 8.35. The zero-order chi connectivity index (χ0) is 26.4. The molecule has 1 atom stereocenters. The summed E-state index contributed by atoms with van der Waals surface area (Å²) in [7, 11) is 1.79. The first-order valence-corrected chi connectivity index (χ1v) is 13.8. The van der Waals surface area contributed by atoms with Crippen molar-refractivity contribution in [3.8, 4) is 11.3 Å². The van der Waals surface area contributed by atoms with Gasteiger partial charge in [-0.15, -0.1) is 0 Å². The summed E-state index contributed by atoms with van der Waals surface area (Å²) in [4.78, 5) is 13.9. The molecule has 0 spiro atoms. The van der Waals surface area contributed by atoms with Crippen LogP contribution < -0.4 is 4.90 Å². The first-order valence-electron chi connectivity index (χ1n) is 13.0. The number of aromatic nitrogens is 2. The number of hydrogen-bond donors (Lipinski definition) is 1. The SMILES string of the molecule is Cn1c(C(=O)O)cc2cc(N3CCCC(OCc4c(-c5c(Cl)cccc5Cl)noc4C4CC4)CC3)ccc21. The number of nitrogens with zero attached hydrogens (tertiary/aromatic N) is 3. The van der Waals surface area contributed by atoms with Crippen LogP contribution in [0.15, 0.2) is 47.0 Å². The topological polar surface area (TPSA) is 80.7 Å². The highest BCUT2D eigenvalue weighted by Crippen LogP contribution is 2.46. The molecule has 198 valence electrons. The molecule has 38 heavy (non-hydrogen) atoms. The second kappa shape index (κ2) is 10.3. The van der Waals surface area contributed by atoms with Crippen molar-refractivity contribution in [1.29, 1.82) is 0 Å². The number of benzene rings is 2. The Morgan fingerprint density at radius 3 is 2.63 bits per heavy atom. The normalized spacial score (nSPS) is 18.2. The summed E-state index contributed by atoms with van der Waals surface area (Å²) in [5, 5.41) is 15.9. The number of carboxylic acids is 1. The van der Waals surface area contributed by atoms with Crippen LogP contribution in [-0.2, 0) is 18.4 Å². The molecule has 1 aliphatic heterocycles. The summed E-state index contributed by atoms with van der Waals surface area (Å²) in [6.45, 7) is 2.19. The summed E-state index contributed by atoms with van der Waals surface area (Å²) in [6.07, 6.45) is 5.14. The number of carbonyl (C=O) groups is 1. The van der Waals surface area contributed by atoms with E-state index in [0.29, 0.717) is 39.5 Å². The van der Waals surface area contributed by atoms with Gasteiger partial charge in [0.25, 0.3) is 0 Å². The van der Waals surface area contributed by atoms with Gasteiger partial charge in [-0.1, -0.05) is 34.4 Å². The summed E-state index contributed by atoms with van der Waals surface area (Å²) in [6, 6.07) is 13.4. The van der Waals surface area contributed by atoms with Crippen molar-refractivity contribution < 1.29 is 19.2 Å². The van der Waals surface area contributed by atoms with E-state index in [4.69, 9.17) is 32.5 Å². The van der Waals surface area contributed by atoms with E-state index in [-0.39, 0.29) is 6.10 Å². The molecule has 0 amide bonds. The van der Waals surface area contributed by atoms with Gasteiger partial charge in [-0.3, -0.25) is 0 Å². The highest BCUT2D eigenvalue weighted by molar-refractivity contribution is 6.39. The number of anilines is 1. The second-order valence-electron chi connectivity index (χ2n) is 10.2. The minimum absolute atomic E-state index is 0.107. The van der Waals surface area contributed by atoms with E-state index in [1.54, 1.807) is 17.7 Å². The monoisotopic (exact) mass is 553 g/mol. The third kappa shape index (κ3) is 4.79. The first kappa shape index (κ1) is 25.3. The van der Waals surface area contributed by atoms with Gasteiger partial charge in [-0.25, -0.2) is 4.79 Å². The Balaban J connectivity index is 1.17. The van der Waals surface area contributed by atoms with Crippen LogP contribution in [0.4, 0.5) is 5.69 Å². The molecule has 1 saturated heterocycles. The van der Waals surface area contributed by atoms with Crippen LogP contribution in [0.2, 0.25) is 10.0 Å². The average molecular weight is 554 g/mol. The lowest BCUT2D eigenvalue weighted by Crippen LogP contribution is -2.24. The van der Waals surface area contributed by atoms with Crippen LogP contribution in [0.3, 0.4) is 0 Å². The number of halogens is 2. The Bertz CT molecular complexity index is 1490. The van der Waals surface area contributed by atoms with Gasteiger partial charge in [-0.2, -0.15) is 0 Å². The number of rotatable bonds is 7. The first-order chi connectivity index (χ1) is 18.4. The van der Waals surface area contributed by atoms with Crippen LogP contribution >= 0.6 is 23.2 Å². The molecule has 2 aromatic heterocycles. The van der Waals surface area contributed by atoms with Gasteiger partial charge in [0.05, 0.1) is 22.8 Å². The molecule has 7 nitrogen and oxygen atoms in total. The predicted molar refractivity (Wildman–Crippen MR) is 148 cm³/mol. The minimum atomic E-state index is -0.919. The van der Waals surface area contributed by atoms with E-state index >= 15 is 0 Å². The van der Waals surface area contributed by atoms with Crippen molar-refractivity contribution in [3.63, 3.8) is 0 Å². The molecule has 4 aromatic rings. The fraction of sp³-hybridized carbons (Fsp3) is 0.379. The minimum Gasteiger partial charge on any atom is -0.477 e. The molecule has 1 N–H and O–H groups in total. The van der Waals surface area contributed by atoms with E-state index in [2.05, 4.69) is 22.2 Å². The molecule has 6 rings (SSSR count). The van der Waals surface area contributed by atoms with Gasteiger partial charge in [0, 0.05) is 53.8 Å². The Labute approximate surface area is 230 Å². The lowest BCUT2D eigenvalue weighted by Gasteiger charge is -2.23. The highest BCUT2D eigenvalue weighted by atomic mass is 35.5. The van der Waals surface area contributed by atoms with Crippen molar-refractivity contribution in [2.75, 3.05) is 18.0 Å². The van der Waals surface area contributed by atoms with E-state index in [0.717, 1.165) is 73.1 Å². The highest BCUT2D eigenvalue weighted by Gasteiger charge is 2.34.